The van der Waals surface area contributed by atoms with E-state index in [0.29, 0.717) is 5.69 Å². The Morgan fingerprint density at radius 1 is 1.44 bits per heavy atom. The highest BCUT2D eigenvalue weighted by Gasteiger charge is 2.20. The van der Waals surface area contributed by atoms with Crippen molar-refractivity contribution in [2.75, 3.05) is 5.73 Å². The lowest BCUT2D eigenvalue weighted by Crippen LogP contribution is -2.44. The number of rotatable bonds is 3. The maximum atomic E-state index is 12.0. The molecule has 0 aliphatic carbocycles. The maximum Gasteiger partial charge on any atom is 0.233 e. The van der Waals surface area contributed by atoms with Gasteiger partial charge in [0.05, 0.1) is 5.25 Å². The highest BCUT2D eigenvalue weighted by Crippen LogP contribution is 2.31. The molecule has 1 aromatic carbocycles. The van der Waals surface area contributed by atoms with Crippen LogP contribution in [0.1, 0.15) is 27.7 Å². The van der Waals surface area contributed by atoms with E-state index in [4.69, 9.17) is 5.73 Å². The van der Waals surface area contributed by atoms with Crippen molar-refractivity contribution in [3.8, 4) is 0 Å². The summed E-state index contributed by atoms with van der Waals surface area (Å²) in [7, 11) is 0. The van der Waals surface area contributed by atoms with Crippen LogP contribution in [0, 0.1) is 0 Å². The van der Waals surface area contributed by atoms with Gasteiger partial charge >= 0.3 is 0 Å². The molecule has 100 valence electrons. The summed E-state index contributed by atoms with van der Waals surface area (Å²) in [5.41, 5.74) is 6.37. The molecule has 0 fully saturated rings. The molecule has 0 aliphatic rings. The number of thioether (sulfide) groups is 1. The van der Waals surface area contributed by atoms with E-state index in [-0.39, 0.29) is 16.7 Å². The van der Waals surface area contributed by atoms with Crippen LogP contribution in [-0.4, -0.2) is 16.7 Å². The van der Waals surface area contributed by atoms with Crippen molar-refractivity contribution < 1.29 is 4.79 Å². The Morgan fingerprint density at radius 3 is 2.61 bits per heavy atom. The van der Waals surface area contributed by atoms with Crippen LogP contribution in [0.4, 0.5) is 5.69 Å². The molecular weight excluding hydrogens is 312 g/mol. The fraction of sp³-hybridized carbons (Fsp3) is 0.462. The SMILES string of the molecule is CC(Sc1cc(Br)ccc1N)C(=O)NC(C)(C)C. The van der Waals surface area contributed by atoms with Gasteiger partial charge in [-0.05, 0) is 45.9 Å². The molecule has 1 aromatic rings. The van der Waals surface area contributed by atoms with E-state index in [1.165, 1.54) is 11.8 Å². The van der Waals surface area contributed by atoms with Crippen LogP contribution in [0.5, 0.6) is 0 Å². The minimum absolute atomic E-state index is 0.0203. The molecule has 3 nitrogen and oxygen atoms in total. The Labute approximate surface area is 121 Å². The van der Waals surface area contributed by atoms with Gasteiger partial charge in [-0.1, -0.05) is 15.9 Å². The number of hydrogen-bond donors (Lipinski definition) is 2. The number of carbonyl (C=O) groups is 1. The van der Waals surface area contributed by atoms with E-state index in [2.05, 4.69) is 21.2 Å². The minimum atomic E-state index is -0.214. The topological polar surface area (TPSA) is 55.1 Å². The van der Waals surface area contributed by atoms with Crippen LogP contribution >= 0.6 is 27.7 Å². The molecule has 0 aliphatic heterocycles. The van der Waals surface area contributed by atoms with Gasteiger partial charge in [-0.3, -0.25) is 4.79 Å². The molecule has 0 bridgehead atoms. The van der Waals surface area contributed by atoms with Gasteiger partial charge in [-0.15, -0.1) is 11.8 Å². The monoisotopic (exact) mass is 330 g/mol. The summed E-state index contributed by atoms with van der Waals surface area (Å²) in [5, 5.41) is 2.78. The first-order valence-electron chi connectivity index (χ1n) is 5.73. The fourth-order valence-corrected chi connectivity index (χ4v) is 2.78. The summed E-state index contributed by atoms with van der Waals surface area (Å²) in [6, 6.07) is 5.65. The number of nitrogens with one attached hydrogen (secondary N) is 1. The van der Waals surface area contributed by atoms with Crippen molar-refractivity contribution in [3.63, 3.8) is 0 Å². The molecular formula is C13H19BrN2OS. The fourth-order valence-electron chi connectivity index (χ4n) is 1.33. The van der Waals surface area contributed by atoms with Crippen molar-refractivity contribution in [2.24, 2.45) is 0 Å². The maximum absolute atomic E-state index is 12.0. The number of nitrogens with two attached hydrogens (primary N) is 1. The Bertz CT molecular complexity index is 443. The summed E-state index contributed by atoms with van der Waals surface area (Å²) >= 11 is 4.87. The van der Waals surface area contributed by atoms with Crippen molar-refractivity contribution in [1.29, 1.82) is 0 Å². The Balaban J connectivity index is 2.72. The predicted molar refractivity (Wildman–Crippen MR) is 81.8 cm³/mol. The van der Waals surface area contributed by atoms with Crippen LogP contribution in [0.15, 0.2) is 27.6 Å². The first-order valence-corrected chi connectivity index (χ1v) is 7.40. The zero-order chi connectivity index (χ0) is 13.9. The molecule has 0 saturated carbocycles. The van der Waals surface area contributed by atoms with Gasteiger partial charge in [0.1, 0.15) is 0 Å². The molecule has 1 atom stereocenters. The molecule has 0 aromatic heterocycles. The number of benzene rings is 1. The Hall–Kier alpha value is -0.680. The Kier molecular flexibility index (Phi) is 5.10. The molecule has 18 heavy (non-hydrogen) atoms. The minimum Gasteiger partial charge on any atom is -0.398 e. The second-order valence-electron chi connectivity index (χ2n) is 5.18. The average molecular weight is 331 g/mol. The third-order valence-electron chi connectivity index (χ3n) is 2.15. The summed E-state index contributed by atoms with van der Waals surface area (Å²) in [5.74, 6) is 0.0203. The summed E-state index contributed by atoms with van der Waals surface area (Å²) in [6.45, 7) is 7.79. The van der Waals surface area contributed by atoms with E-state index < -0.39 is 0 Å². The lowest BCUT2D eigenvalue weighted by molar-refractivity contribution is -0.121. The van der Waals surface area contributed by atoms with Gasteiger partial charge in [0.2, 0.25) is 5.91 Å². The summed E-state index contributed by atoms with van der Waals surface area (Å²) in [4.78, 5) is 12.9. The molecule has 1 unspecified atom stereocenters. The van der Waals surface area contributed by atoms with E-state index in [0.717, 1.165) is 9.37 Å². The molecule has 0 saturated heterocycles. The summed E-state index contributed by atoms with van der Waals surface area (Å²) in [6.07, 6.45) is 0. The highest BCUT2D eigenvalue weighted by molar-refractivity contribution is 9.10. The third-order valence-corrected chi connectivity index (χ3v) is 3.82. The second-order valence-corrected chi connectivity index (χ2v) is 7.48. The number of nitrogen functional groups attached to an aromatic ring is 1. The number of anilines is 1. The number of halogens is 1. The zero-order valence-electron chi connectivity index (χ0n) is 11.1. The normalized spacial score (nSPS) is 13.2. The zero-order valence-corrected chi connectivity index (χ0v) is 13.5. The van der Waals surface area contributed by atoms with Gasteiger partial charge in [0.15, 0.2) is 0 Å². The number of carbonyl (C=O) groups excluding carboxylic acids is 1. The van der Waals surface area contributed by atoms with Crippen molar-refractivity contribution in [3.05, 3.63) is 22.7 Å². The van der Waals surface area contributed by atoms with Crippen LogP contribution in [0.3, 0.4) is 0 Å². The molecule has 0 spiro atoms. The standard InChI is InChI=1S/C13H19BrN2OS/c1-8(12(17)16-13(2,3)4)18-11-7-9(14)5-6-10(11)15/h5-8H,15H2,1-4H3,(H,16,17). The lowest BCUT2D eigenvalue weighted by Gasteiger charge is -2.23. The lowest BCUT2D eigenvalue weighted by atomic mass is 10.1. The smallest absolute Gasteiger partial charge is 0.233 e. The first kappa shape index (κ1) is 15.4. The molecule has 1 amide bonds. The van der Waals surface area contributed by atoms with Crippen LogP contribution in [0.2, 0.25) is 0 Å². The van der Waals surface area contributed by atoms with E-state index in [1.807, 2.05) is 45.9 Å². The molecule has 0 heterocycles. The van der Waals surface area contributed by atoms with E-state index in [9.17, 15) is 4.79 Å². The summed E-state index contributed by atoms with van der Waals surface area (Å²) < 4.78 is 0.961. The molecule has 1 rings (SSSR count). The Morgan fingerprint density at radius 2 is 2.06 bits per heavy atom. The van der Waals surface area contributed by atoms with Crippen LogP contribution in [-0.2, 0) is 4.79 Å². The van der Waals surface area contributed by atoms with Gasteiger partial charge < -0.3 is 11.1 Å². The van der Waals surface area contributed by atoms with Crippen molar-refractivity contribution >= 4 is 39.3 Å². The predicted octanol–water partition coefficient (Wildman–Crippen LogP) is 3.43. The van der Waals surface area contributed by atoms with Gasteiger partial charge in [0.25, 0.3) is 0 Å². The van der Waals surface area contributed by atoms with Gasteiger partial charge in [0, 0.05) is 20.6 Å². The number of amides is 1. The van der Waals surface area contributed by atoms with Crippen molar-refractivity contribution in [1.82, 2.24) is 5.32 Å². The van der Waals surface area contributed by atoms with Crippen LogP contribution < -0.4 is 11.1 Å². The van der Waals surface area contributed by atoms with Crippen molar-refractivity contribution in [2.45, 2.75) is 43.4 Å². The molecule has 3 N–H and O–H groups in total. The van der Waals surface area contributed by atoms with E-state index in [1.54, 1.807) is 0 Å². The van der Waals surface area contributed by atoms with Gasteiger partial charge in [-0.2, -0.15) is 0 Å². The quantitative estimate of drug-likeness (QED) is 0.659. The molecule has 0 radical (unpaired) electrons. The average Bonchev–Trinajstić information content (AvgIpc) is 2.21. The number of hydrogen-bond acceptors (Lipinski definition) is 3. The largest absolute Gasteiger partial charge is 0.398 e. The van der Waals surface area contributed by atoms with Crippen LogP contribution in [0.25, 0.3) is 0 Å². The first-order chi connectivity index (χ1) is 8.19. The van der Waals surface area contributed by atoms with Gasteiger partial charge in [-0.25, -0.2) is 0 Å². The highest BCUT2D eigenvalue weighted by atomic mass is 79.9. The van der Waals surface area contributed by atoms with E-state index >= 15 is 0 Å². The third kappa shape index (κ3) is 4.90. The molecule has 5 heteroatoms. The second kappa shape index (κ2) is 5.97.